The molecule has 0 saturated heterocycles. The van der Waals surface area contributed by atoms with Crippen molar-refractivity contribution in [1.29, 1.82) is 0 Å². The van der Waals surface area contributed by atoms with E-state index in [2.05, 4.69) is 15.5 Å². The summed E-state index contributed by atoms with van der Waals surface area (Å²) in [5.41, 5.74) is -0.245. The van der Waals surface area contributed by atoms with E-state index < -0.39 is 17.6 Å². The fraction of sp³-hybridized carbons (Fsp3) is 0.250. The van der Waals surface area contributed by atoms with Crippen LogP contribution in [0.15, 0.2) is 53.7 Å². The lowest BCUT2D eigenvalue weighted by atomic mass is 10.1. The Bertz CT molecular complexity index is 1020. The topological polar surface area (TPSA) is 59.8 Å². The minimum Gasteiger partial charge on any atom is -0.325 e. The number of nitrogens with zero attached hydrogens (tertiary/aromatic N) is 3. The summed E-state index contributed by atoms with van der Waals surface area (Å²) >= 11 is 6.78. The summed E-state index contributed by atoms with van der Waals surface area (Å²) in [5, 5.41) is 11.1. The number of amides is 1. The smallest absolute Gasteiger partial charge is 0.325 e. The van der Waals surface area contributed by atoms with E-state index in [1.165, 1.54) is 6.07 Å². The number of benzene rings is 2. The van der Waals surface area contributed by atoms with E-state index in [9.17, 15) is 18.0 Å². The Labute approximate surface area is 180 Å². The highest BCUT2D eigenvalue weighted by molar-refractivity contribution is 7.99. The Hall–Kier alpha value is -2.52. The van der Waals surface area contributed by atoms with E-state index in [1.54, 1.807) is 0 Å². The van der Waals surface area contributed by atoms with Gasteiger partial charge in [-0.1, -0.05) is 53.7 Å². The predicted octanol–water partition coefficient (Wildman–Crippen LogP) is 5.29. The lowest BCUT2D eigenvalue weighted by Gasteiger charge is -2.14. The molecule has 0 bridgehead atoms. The third-order valence-corrected chi connectivity index (χ3v) is 5.41. The van der Waals surface area contributed by atoms with Crippen LogP contribution in [0.3, 0.4) is 0 Å². The lowest BCUT2D eigenvalue weighted by molar-refractivity contribution is -0.137. The van der Waals surface area contributed by atoms with Gasteiger partial charge in [0, 0.05) is 18.0 Å². The summed E-state index contributed by atoms with van der Waals surface area (Å²) in [4.78, 5) is 12.3. The van der Waals surface area contributed by atoms with Gasteiger partial charge in [-0.2, -0.15) is 13.2 Å². The lowest BCUT2D eigenvalue weighted by Crippen LogP contribution is -2.18. The third kappa shape index (κ3) is 5.54. The van der Waals surface area contributed by atoms with Crippen molar-refractivity contribution >= 4 is 35.0 Å². The molecular weight excluding hydrogens is 437 g/mol. The van der Waals surface area contributed by atoms with Crippen molar-refractivity contribution < 1.29 is 18.0 Å². The molecule has 0 aliphatic heterocycles. The molecule has 1 amide bonds. The van der Waals surface area contributed by atoms with Crippen molar-refractivity contribution in [2.24, 2.45) is 0 Å². The fourth-order valence-corrected chi connectivity index (χ4v) is 3.82. The number of carbonyl (C=O) groups excluding carboxylic acids is 1. The van der Waals surface area contributed by atoms with Gasteiger partial charge in [0.15, 0.2) is 5.16 Å². The standard InChI is InChI=1S/C20H18ClF3N4OS/c1-2-28-17(10-13-6-4-3-5-7-13)26-27-19(28)30-12-18(29)25-16-9-8-14(21)11-15(16)20(22,23)24/h3-9,11H,2,10,12H2,1H3,(H,25,29). The molecule has 0 spiro atoms. The van der Waals surface area contributed by atoms with Crippen LogP contribution in [0.5, 0.6) is 0 Å². The summed E-state index contributed by atoms with van der Waals surface area (Å²) in [5.74, 6) is 0.0652. The maximum atomic E-state index is 13.2. The first-order valence-electron chi connectivity index (χ1n) is 9.03. The molecule has 0 unspecified atom stereocenters. The van der Waals surface area contributed by atoms with Gasteiger partial charge in [0.05, 0.1) is 17.0 Å². The molecule has 10 heteroatoms. The van der Waals surface area contributed by atoms with E-state index in [4.69, 9.17) is 11.6 Å². The number of aromatic nitrogens is 3. The van der Waals surface area contributed by atoms with Crippen LogP contribution < -0.4 is 5.32 Å². The van der Waals surface area contributed by atoms with Crippen LogP contribution in [-0.2, 0) is 23.9 Å². The number of thioether (sulfide) groups is 1. The van der Waals surface area contributed by atoms with Gasteiger partial charge in [-0.25, -0.2) is 0 Å². The summed E-state index contributed by atoms with van der Waals surface area (Å²) < 4.78 is 41.4. The molecule has 0 radical (unpaired) electrons. The first-order valence-corrected chi connectivity index (χ1v) is 10.4. The van der Waals surface area contributed by atoms with Gasteiger partial charge in [-0.3, -0.25) is 4.79 Å². The fourth-order valence-electron chi connectivity index (χ4n) is 2.83. The van der Waals surface area contributed by atoms with Crippen LogP contribution in [-0.4, -0.2) is 26.4 Å². The summed E-state index contributed by atoms with van der Waals surface area (Å²) in [6, 6.07) is 13.0. The molecule has 30 heavy (non-hydrogen) atoms. The minimum atomic E-state index is -4.63. The highest BCUT2D eigenvalue weighted by atomic mass is 35.5. The van der Waals surface area contributed by atoms with E-state index in [1.807, 2.05) is 41.8 Å². The van der Waals surface area contributed by atoms with Crippen molar-refractivity contribution in [2.45, 2.75) is 31.2 Å². The third-order valence-electron chi connectivity index (χ3n) is 4.21. The molecule has 3 rings (SSSR count). The highest BCUT2D eigenvalue weighted by Crippen LogP contribution is 2.36. The van der Waals surface area contributed by atoms with Gasteiger partial charge in [0.1, 0.15) is 5.82 Å². The molecule has 158 valence electrons. The quantitative estimate of drug-likeness (QED) is 0.493. The zero-order valence-electron chi connectivity index (χ0n) is 15.9. The van der Waals surface area contributed by atoms with Crippen molar-refractivity contribution in [3.63, 3.8) is 0 Å². The number of halogens is 4. The van der Waals surface area contributed by atoms with Gasteiger partial charge >= 0.3 is 6.18 Å². The van der Waals surface area contributed by atoms with Crippen LogP contribution in [0.25, 0.3) is 0 Å². The number of anilines is 1. The van der Waals surface area contributed by atoms with E-state index in [0.717, 1.165) is 35.3 Å². The summed E-state index contributed by atoms with van der Waals surface area (Å²) in [6.07, 6.45) is -4.04. The van der Waals surface area contributed by atoms with E-state index in [-0.39, 0.29) is 16.5 Å². The molecule has 3 aromatic rings. The van der Waals surface area contributed by atoms with Crippen LogP contribution in [0.4, 0.5) is 18.9 Å². The first-order chi connectivity index (χ1) is 14.3. The second-order valence-corrected chi connectivity index (χ2v) is 7.71. The normalized spacial score (nSPS) is 11.5. The molecule has 5 nitrogen and oxygen atoms in total. The van der Waals surface area contributed by atoms with Gasteiger partial charge in [0.25, 0.3) is 0 Å². The monoisotopic (exact) mass is 454 g/mol. The summed E-state index contributed by atoms with van der Waals surface area (Å²) in [7, 11) is 0. The Morgan fingerprint density at radius 1 is 1.17 bits per heavy atom. The zero-order valence-corrected chi connectivity index (χ0v) is 17.5. The summed E-state index contributed by atoms with van der Waals surface area (Å²) in [6.45, 7) is 2.54. The maximum absolute atomic E-state index is 13.2. The number of nitrogens with one attached hydrogen (secondary N) is 1. The molecule has 0 aliphatic rings. The van der Waals surface area contributed by atoms with Crippen molar-refractivity contribution in [3.05, 3.63) is 70.5 Å². The second-order valence-electron chi connectivity index (χ2n) is 6.33. The molecule has 0 aliphatic carbocycles. The molecular formula is C20H18ClF3N4OS. The van der Waals surface area contributed by atoms with Gasteiger partial charge in [-0.15, -0.1) is 10.2 Å². The number of rotatable bonds is 7. The van der Waals surface area contributed by atoms with E-state index >= 15 is 0 Å². The van der Waals surface area contributed by atoms with Crippen molar-refractivity contribution in [2.75, 3.05) is 11.1 Å². The SMILES string of the molecule is CCn1c(Cc2ccccc2)nnc1SCC(=O)Nc1ccc(Cl)cc1C(F)(F)F. The zero-order chi connectivity index (χ0) is 21.7. The predicted molar refractivity (Wildman–Crippen MR) is 111 cm³/mol. The van der Waals surface area contributed by atoms with Gasteiger partial charge < -0.3 is 9.88 Å². The average molecular weight is 455 g/mol. The average Bonchev–Trinajstić information content (AvgIpc) is 3.09. The maximum Gasteiger partial charge on any atom is 0.418 e. The number of alkyl halides is 3. The molecule has 0 atom stereocenters. The number of carbonyl (C=O) groups is 1. The first kappa shape index (κ1) is 22.2. The minimum absolute atomic E-state index is 0.0586. The van der Waals surface area contributed by atoms with Crippen LogP contribution in [0, 0.1) is 0 Å². The molecule has 1 aromatic heterocycles. The largest absolute Gasteiger partial charge is 0.418 e. The Morgan fingerprint density at radius 2 is 1.90 bits per heavy atom. The Balaban J connectivity index is 1.67. The Kier molecular flexibility index (Phi) is 7.04. The van der Waals surface area contributed by atoms with Gasteiger partial charge in [0.2, 0.25) is 5.91 Å². The molecule has 1 N–H and O–H groups in total. The molecule has 0 saturated carbocycles. The molecule has 0 fully saturated rings. The van der Waals surface area contributed by atoms with Gasteiger partial charge in [-0.05, 0) is 30.7 Å². The van der Waals surface area contributed by atoms with Crippen LogP contribution in [0.1, 0.15) is 23.9 Å². The Morgan fingerprint density at radius 3 is 2.57 bits per heavy atom. The molecule has 2 aromatic carbocycles. The van der Waals surface area contributed by atoms with E-state index in [0.29, 0.717) is 18.1 Å². The number of hydrogen-bond donors (Lipinski definition) is 1. The highest BCUT2D eigenvalue weighted by Gasteiger charge is 2.34. The number of hydrogen-bond acceptors (Lipinski definition) is 4. The van der Waals surface area contributed by atoms with Crippen molar-refractivity contribution in [1.82, 2.24) is 14.8 Å². The second kappa shape index (κ2) is 9.53. The molecule has 1 heterocycles. The van der Waals surface area contributed by atoms with Crippen molar-refractivity contribution in [3.8, 4) is 0 Å². The van der Waals surface area contributed by atoms with Crippen LogP contribution >= 0.6 is 23.4 Å². The van der Waals surface area contributed by atoms with Crippen LogP contribution in [0.2, 0.25) is 5.02 Å².